The molecule has 0 saturated heterocycles. The third-order valence-corrected chi connectivity index (χ3v) is 2.19. The molecule has 0 aliphatic heterocycles. The molecule has 1 aromatic heterocycles. The molecule has 2 aromatic rings. The van der Waals surface area contributed by atoms with E-state index in [0.717, 1.165) is 24.2 Å². The van der Waals surface area contributed by atoms with Gasteiger partial charge in [0, 0.05) is 18.0 Å². The van der Waals surface area contributed by atoms with E-state index in [1.54, 1.807) is 6.20 Å². The van der Waals surface area contributed by atoms with Crippen LogP contribution in [-0.2, 0) is 6.42 Å². The summed E-state index contributed by atoms with van der Waals surface area (Å²) in [6.07, 6.45) is 5.58. The highest BCUT2D eigenvalue weighted by Gasteiger charge is 1.98. The van der Waals surface area contributed by atoms with Gasteiger partial charge in [-0.05, 0) is 18.4 Å². The van der Waals surface area contributed by atoms with Gasteiger partial charge in [-0.25, -0.2) is 4.98 Å². The number of hydrogen-bond acceptors (Lipinski definition) is 1. The van der Waals surface area contributed by atoms with E-state index in [1.807, 2.05) is 6.20 Å². The van der Waals surface area contributed by atoms with Crippen LogP contribution < -0.4 is 0 Å². The van der Waals surface area contributed by atoms with Crippen LogP contribution in [-0.4, -0.2) is 9.97 Å². The molecule has 0 bridgehead atoms. The Hall–Kier alpha value is -1.57. The number of aromatic nitrogens is 2. The molecule has 1 aromatic carbocycles. The summed E-state index contributed by atoms with van der Waals surface area (Å²) in [4.78, 5) is 7.28. The largest absolute Gasteiger partial charge is 0.345 e. The molecule has 2 heteroatoms. The van der Waals surface area contributed by atoms with Gasteiger partial charge in [-0.1, -0.05) is 31.2 Å². The Morgan fingerprint density at radius 3 is 2.57 bits per heavy atom. The van der Waals surface area contributed by atoms with E-state index in [9.17, 15) is 0 Å². The van der Waals surface area contributed by atoms with Crippen molar-refractivity contribution in [2.45, 2.75) is 12.8 Å². The molecule has 0 atom stereocenters. The lowest BCUT2D eigenvalue weighted by Crippen LogP contribution is -1.84. The Kier molecular flexibility index (Phi) is 2.63. The number of hydrogen-bond donors (Lipinski definition) is 1. The first kappa shape index (κ1) is 9.00. The van der Waals surface area contributed by atoms with Crippen molar-refractivity contribution in [1.82, 2.24) is 9.97 Å². The van der Waals surface area contributed by atoms with E-state index < -0.39 is 0 Å². The second-order valence-electron chi connectivity index (χ2n) is 3.24. The summed E-state index contributed by atoms with van der Waals surface area (Å²) >= 11 is 0. The van der Waals surface area contributed by atoms with E-state index >= 15 is 0 Å². The lowest BCUT2D eigenvalue weighted by Gasteiger charge is -2.00. The minimum absolute atomic E-state index is 0.922. The zero-order valence-corrected chi connectivity index (χ0v) is 8.03. The zero-order valence-electron chi connectivity index (χ0n) is 8.03. The first-order valence-corrected chi connectivity index (χ1v) is 4.78. The predicted octanol–water partition coefficient (Wildman–Crippen LogP) is 2.84. The Balaban J connectivity index is 2.22. The van der Waals surface area contributed by atoms with Gasteiger partial charge in [0.15, 0.2) is 0 Å². The molecule has 0 amide bonds. The van der Waals surface area contributed by atoms with Crippen molar-refractivity contribution in [2.75, 3.05) is 0 Å². The molecule has 1 radical (unpaired) electrons. The maximum Gasteiger partial charge on any atom is 0.137 e. The van der Waals surface area contributed by atoms with Crippen LogP contribution in [0.1, 0.15) is 12.0 Å². The third kappa shape index (κ3) is 1.84. The molecule has 1 heterocycles. The first-order chi connectivity index (χ1) is 6.90. The second kappa shape index (κ2) is 4.09. The van der Waals surface area contributed by atoms with Gasteiger partial charge in [-0.15, -0.1) is 0 Å². The van der Waals surface area contributed by atoms with Gasteiger partial charge in [0.1, 0.15) is 5.82 Å². The van der Waals surface area contributed by atoms with Crippen LogP contribution >= 0.6 is 0 Å². The molecule has 0 aliphatic rings. The third-order valence-electron chi connectivity index (χ3n) is 2.19. The summed E-state index contributed by atoms with van der Waals surface area (Å²) in [5, 5.41) is 0. The summed E-state index contributed by atoms with van der Waals surface area (Å²) < 4.78 is 0. The second-order valence-corrected chi connectivity index (χ2v) is 3.24. The normalized spacial score (nSPS) is 10.4. The number of benzene rings is 1. The number of imidazole rings is 1. The van der Waals surface area contributed by atoms with Gasteiger partial charge < -0.3 is 4.98 Å². The number of H-pyrrole nitrogens is 1. The summed E-state index contributed by atoms with van der Waals surface area (Å²) in [5.74, 6) is 0.922. The van der Waals surface area contributed by atoms with Crippen LogP contribution in [0.2, 0.25) is 0 Å². The fourth-order valence-electron chi connectivity index (χ4n) is 1.46. The van der Waals surface area contributed by atoms with Crippen molar-refractivity contribution in [3.8, 4) is 11.4 Å². The molecule has 0 spiro atoms. The SMILES string of the molecule is [CH2]CCc1ccc(-c2ncc[nH]2)cc1. The molecule has 0 saturated carbocycles. The molecular weight excluding hydrogens is 172 g/mol. The van der Waals surface area contributed by atoms with Crippen molar-refractivity contribution in [3.63, 3.8) is 0 Å². The number of aromatic amines is 1. The summed E-state index contributed by atoms with van der Waals surface area (Å²) in [7, 11) is 0. The number of rotatable bonds is 3. The Labute approximate surface area is 84.0 Å². The summed E-state index contributed by atoms with van der Waals surface area (Å²) in [6.45, 7) is 3.83. The molecule has 2 nitrogen and oxygen atoms in total. The van der Waals surface area contributed by atoms with Crippen LogP contribution in [0.5, 0.6) is 0 Å². The van der Waals surface area contributed by atoms with Crippen LogP contribution in [0.3, 0.4) is 0 Å². The van der Waals surface area contributed by atoms with E-state index in [1.165, 1.54) is 5.56 Å². The highest BCUT2D eigenvalue weighted by atomic mass is 14.9. The molecule has 1 N–H and O–H groups in total. The molecule has 0 aliphatic carbocycles. The molecule has 2 rings (SSSR count). The van der Waals surface area contributed by atoms with Gasteiger partial charge in [-0.3, -0.25) is 0 Å². The Morgan fingerprint density at radius 2 is 2.00 bits per heavy atom. The smallest absolute Gasteiger partial charge is 0.137 e. The fraction of sp³-hybridized carbons (Fsp3) is 0.167. The van der Waals surface area contributed by atoms with Gasteiger partial charge in [0.25, 0.3) is 0 Å². The minimum Gasteiger partial charge on any atom is -0.345 e. The molecular formula is C12H13N2. The zero-order chi connectivity index (χ0) is 9.80. The van der Waals surface area contributed by atoms with E-state index in [4.69, 9.17) is 0 Å². The minimum atomic E-state index is 0.922. The fourth-order valence-corrected chi connectivity index (χ4v) is 1.46. The van der Waals surface area contributed by atoms with Crippen LogP contribution in [0, 0.1) is 6.92 Å². The molecule has 0 fully saturated rings. The molecule has 14 heavy (non-hydrogen) atoms. The Morgan fingerprint density at radius 1 is 1.21 bits per heavy atom. The van der Waals surface area contributed by atoms with Crippen LogP contribution in [0.15, 0.2) is 36.7 Å². The number of aryl methyl sites for hydroxylation is 1. The van der Waals surface area contributed by atoms with Crippen molar-refractivity contribution >= 4 is 0 Å². The van der Waals surface area contributed by atoms with Gasteiger partial charge >= 0.3 is 0 Å². The number of nitrogens with zero attached hydrogens (tertiary/aromatic N) is 1. The molecule has 71 valence electrons. The lowest BCUT2D eigenvalue weighted by molar-refractivity contribution is 0.999. The average Bonchev–Trinajstić information content (AvgIpc) is 2.72. The summed E-state index contributed by atoms with van der Waals surface area (Å²) in [5.41, 5.74) is 2.46. The van der Waals surface area contributed by atoms with Crippen molar-refractivity contribution in [1.29, 1.82) is 0 Å². The maximum absolute atomic E-state index is 4.19. The van der Waals surface area contributed by atoms with Gasteiger partial charge in [0.05, 0.1) is 0 Å². The standard InChI is InChI=1S/C12H13N2/c1-2-3-10-4-6-11(7-5-10)12-13-8-9-14-12/h4-9H,1-3H2,(H,13,14). The predicted molar refractivity (Wildman–Crippen MR) is 57.7 cm³/mol. The topological polar surface area (TPSA) is 28.7 Å². The van der Waals surface area contributed by atoms with Crippen LogP contribution in [0.4, 0.5) is 0 Å². The van der Waals surface area contributed by atoms with Gasteiger partial charge in [-0.2, -0.15) is 0 Å². The molecule has 0 unspecified atom stereocenters. The van der Waals surface area contributed by atoms with Gasteiger partial charge in [0.2, 0.25) is 0 Å². The first-order valence-electron chi connectivity index (χ1n) is 4.78. The van der Waals surface area contributed by atoms with Crippen molar-refractivity contribution in [2.24, 2.45) is 0 Å². The van der Waals surface area contributed by atoms with E-state index in [2.05, 4.69) is 41.2 Å². The van der Waals surface area contributed by atoms with Crippen molar-refractivity contribution in [3.05, 3.63) is 49.1 Å². The highest BCUT2D eigenvalue weighted by Crippen LogP contribution is 2.15. The monoisotopic (exact) mass is 185 g/mol. The van der Waals surface area contributed by atoms with Crippen molar-refractivity contribution < 1.29 is 0 Å². The summed E-state index contributed by atoms with van der Waals surface area (Å²) in [6, 6.07) is 8.43. The van der Waals surface area contributed by atoms with Crippen LogP contribution in [0.25, 0.3) is 11.4 Å². The quantitative estimate of drug-likeness (QED) is 0.782. The lowest BCUT2D eigenvalue weighted by atomic mass is 10.1. The maximum atomic E-state index is 4.19. The van der Waals surface area contributed by atoms with E-state index in [-0.39, 0.29) is 0 Å². The highest BCUT2D eigenvalue weighted by molar-refractivity contribution is 5.55. The Bertz CT molecular complexity index is 373. The van der Waals surface area contributed by atoms with E-state index in [0.29, 0.717) is 0 Å². The number of nitrogens with one attached hydrogen (secondary N) is 1. The average molecular weight is 185 g/mol.